The first-order valence-electron chi connectivity index (χ1n) is 8.61. The molecule has 5 nitrogen and oxygen atoms in total. The third-order valence-electron chi connectivity index (χ3n) is 4.46. The lowest BCUT2D eigenvalue weighted by atomic mass is 10.1. The van der Waals surface area contributed by atoms with Crippen LogP contribution in [0.3, 0.4) is 0 Å². The van der Waals surface area contributed by atoms with Crippen molar-refractivity contribution in [2.75, 3.05) is 25.1 Å². The molecule has 0 aromatic heterocycles. The Hall–Kier alpha value is -2.09. The standard InChI is InChI=1S/C20H22IN3O2/c1-14-11-15(5-8-18(14)24-9-3-4-10-24)13-22-23-20(25)16-6-7-17(21)19(12-16)26-2/h5-8,11-13H,3-4,9-10H2,1-2H3,(H,23,25)/b22-13+. The van der Waals surface area contributed by atoms with Gasteiger partial charge in [0.25, 0.3) is 5.91 Å². The SMILES string of the molecule is COc1cc(C(=O)N/N=C/c2ccc(N3CCCC3)c(C)c2)ccc1I. The van der Waals surface area contributed by atoms with Crippen molar-refractivity contribution < 1.29 is 9.53 Å². The lowest BCUT2D eigenvalue weighted by Gasteiger charge is -2.20. The van der Waals surface area contributed by atoms with Crippen molar-refractivity contribution in [2.24, 2.45) is 5.10 Å². The topological polar surface area (TPSA) is 53.9 Å². The zero-order chi connectivity index (χ0) is 18.5. The largest absolute Gasteiger partial charge is 0.496 e. The zero-order valence-electron chi connectivity index (χ0n) is 15.0. The summed E-state index contributed by atoms with van der Waals surface area (Å²) in [5, 5.41) is 4.08. The number of ether oxygens (including phenoxy) is 1. The summed E-state index contributed by atoms with van der Waals surface area (Å²) >= 11 is 2.17. The maximum atomic E-state index is 12.2. The number of methoxy groups -OCH3 is 1. The fourth-order valence-electron chi connectivity index (χ4n) is 3.10. The smallest absolute Gasteiger partial charge is 0.271 e. The van der Waals surface area contributed by atoms with Gasteiger partial charge in [-0.25, -0.2) is 5.43 Å². The molecule has 1 saturated heterocycles. The second-order valence-electron chi connectivity index (χ2n) is 6.29. The van der Waals surface area contributed by atoms with Gasteiger partial charge >= 0.3 is 0 Å². The number of amides is 1. The molecule has 3 rings (SSSR count). The van der Waals surface area contributed by atoms with E-state index in [1.807, 2.05) is 12.1 Å². The molecule has 1 aliphatic heterocycles. The van der Waals surface area contributed by atoms with E-state index < -0.39 is 0 Å². The van der Waals surface area contributed by atoms with E-state index in [1.165, 1.54) is 24.1 Å². The lowest BCUT2D eigenvalue weighted by Crippen LogP contribution is -2.19. The number of anilines is 1. The highest BCUT2D eigenvalue weighted by Gasteiger charge is 2.14. The third-order valence-corrected chi connectivity index (χ3v) is 5.35. The highest BCUT2D eigenvalue weighted by molar-refractivity contribution is 14.1. The van der Waals surface area contributed by atoms with Crippen LogP contribution >= 0.6 is 22.6 Å². The van der Waals surface area contributed by atoms with Crippen molar-refractivity contribution in [1.29, 1.82) is 0 Å². The number of benzene rings is 2. The van der Waals surface area contributed by atoms with Gasteiger partial charge in [0.05, 0.1) is 16.9 Å². The zero-order valence-corrected chi connectivity index (χ0v) is 17.1. The van der Waals surface area contributed by atoms with Crippen molar-refractivity contribution in [3.63, 3.8) is 0 Å². The third kappa shape index (κ3) is 4.35. The van der Waals surface area contributed by atoms with Crippen molar-refractivity contribution >= 4 is 40.4 Å². The first-order valence-corrected chi connectivity index (χ1v) is 9.69. The molecule has 2 aromatic carbocycles. The molecule has 26 heavy (non-hydrogen) atoms. The van der Waals surface area contributed by atoms with Gasteiger partial charge in [0.2, 0.25) is 0 Å². The summed E-state index contributed by atoms with van der Waals surface area (Å²) in [7, 11) is 1.59. The van der Waals surface area contributed by atoms with Crippen LogP contribution in [0.5, 0.6) is 5.75 Å². The number of rotatable bonds is 5. The van der Waals surface area contributed by atoms with Gasteiger partial charge in [-0.2, -0.15) is 5.10 Å². The lowest BCUT2D eigenvalue weighted by molar-refractivity contribution is 0.0954. The number of hydrogen-bond donors (Lipinski definition) is 1. The molecule has 0 aliphatic carbocycles. The number of carbonyl (C=O) groups excluding carboxylic acids is 1. The summed E-state index contributed by atoms with van der Waals surface area (Å²) in [6.07, 6.45) is 4.19. The predicted molar refractivity (Wildman–Crippen MR) is 113 cm³/mol. The van der Waals surface area contributed by atoms with Gasteiger partial charge in [-0.05, 0) is 83.8 Å². The predicted octanol–water partition coefficient (Wildman–Crippen LogP) is 3.97. The van der Waals surface area contributed by atoms with E-state index in [0.29, 0.717) is 11.3 Å². The van der Waals surface area contributed by atoms with Gasteiger partial charge in [-0.3, -0.25) is 4.79 Å². The molecule has 1 heterocycles. The van der Waals surface area contributed by atoms with E-state index in [2.05, 4.69) is 57.1 Å². The summed E-state index contributed by atoms with van der Waals surface area (Å²) in [6.45, 7) is 4.37. The number of nitrogens with zero attached hydrogens (tertiary/aromatic N) is 2. The molecule has 2 aromatic rings. The summed E-state index contributed by atoms with van der Waals surface area (Å²) < 4.78 is 6.20. The Morgan fingerprint density at radius 2 is 2.00 bits per heavy atom. The Kier molecular flexibility index (Phi) is 6.13. The number of nitrogens with one attached hydrogen (secondary N) is 1. The van der Waals surface area contributed by atoms with Crippen molar-refractivity contribution in [3.05, 3.63) is 56.7 Å². The quantitative estimate of drug-likeness (QED) is 0.415. The van der Waals surface area contributed by atoms with E-state index in [1.54, 1.807) is 25.5 Å². The van der Waals surface area contributed by atoms with Crippen molar-refractivity contribution in [1.82, 2.24) is 5.43 Å². The molecule has 0 bridgehead atoms. The summed E-state index contributed by atoms with van der Waals surface area (Å²) in [5.74, 6) is 0.414. The average Bonchev–Trinajstić information content (AvgIpc) is 3.16. The van der Waals surface area contributed by atoms with E-state index in [4.69, 9.17) is 4.74 Å². The molecule has 0 radical (unpaired) electrons. The minimum atomic E-state index is -0.263. The van der Waals surface area contributed by atoms with Gasteiger partial charge in [0.1, 0.15) is 5.75 Å². The van der Waals surface area contributed by atoms with Gasteiger partial charge in [0.15, 0.2) is 0 Å². The Morgan fingerprint density at radius 1 is 1.23 bits per heavy atom. The summed E-state index contributed by atoms with van der Waals surface area (Å²) in [4.78, 5) is 14.6. The number of hydrogen-bond acceptors (Lipinski definition) is 4. The van der Waals surface area contributed by atoms with Crippen LogP contribution in [0, 0.1) is 10.5 Å². The molecule has 6 heteroatoms. The number of aryl methyl sites for hydroxylation is 1. The molecule has 1 amide bonds. The highest BCUT2D eigenvalue weighted by atomic mass is 127. The highest BCUT2D eigenvalue weighted by Crippen LogP contribution is 2.24. The minimum absolute atomic E-state index is 0.263. The van der Waals surface area contributed by atoms with Crippen LogP contribution in [0.2, 0.25) is 0 Å². The van der Waals surface area contributed by atoms with Crippen LogP contribution < -0.4 is 15.1 Å². The maximum absolute atomic E-state index is 12.2. The van der Waals surface area contributed by atoms with Crippen LogP contribution in [-0.2, 0) is 0 Å². The first kappa shape index (κ1) is 18.7. The molecule has 0 saturated carbocycles. The average molecular weight is 463 g/mol. The number of carbonyl (C=O) groups is 1. The minimum Gasteiger partial charge on any atom is -0.496 e. The van der Waals surface area contributed by atoms with Crippen LogP contribution in [0.4, 0.5) is 5.69 Å². The van der Waals surface area contributed by atoms with Gasteiger partial charge in [-0.15, -0.1) is 0 Å². The molecule has 0 atom stereocenters. The van der Waals surface area contributed by atoms with E-state index in [-0.39, 0.29) is 5.91 Å². The first-order chi connectivity index (χ1) is 12.6. The number of halogens is 1. The van der Waals surface area contributed by atoms with Crippen LogP contribution in [0.25, 0.3) is 0 Å². The van der Waals surface area contributed by atoms with E-state index in [9.17, 15) is 4.79 Å². The van der Waals surface area contributed by atoms with Crippen LogP contribution in [0.15, 0.2) is 41.5 Å². The van der Waals surface area contributed by atoms with E-state index >= 15 is 0 Å². The van der Waals surface area contributed by atoms with E-state index in [0.717, 1.165) is 22.2 Å². The summed E-state index contributed by atoms with van der Waals surface area (Å²) in [6, 6.07) is 11.6. The molecule has 1 fully saturated rings. The van der Waals surface area contributed by atoms with Gasteiger partial charge < -0.3 is 9.64 Å². The fourth-order valence-corrected chi connectivity index (χ4v) is 3.66. The number of hydrazone groups is 1. The molecular weight excluding hydrogens is 441 g/mol. The summed E-state index contributed by atoms with van der Waals surface area (Å²) in [5.41, 5.74) is 6.56. The maximum Gasteiger partial charge on any atom is 0.271 e. The molecule has 136 valence electrons. The van der Waals surface area contributed by atoms with Crippen molar-refractivity contribution in [2.45, 2.75) is 19.8 Å². The fraction of sp³-hybridized carbons (Fsp3) is 0.300. The molecule has 0 unspecified atom stereocenters. The Morgan fingerprint density at radius 3 is 2.69 bits per heavy atom. The van der Waals surface area contributed by atoms with Gasteiger partial charge in [-0.1, -0.05) is 6.07 Å². The van der Waals surface area contributed by atoms with Crippen LogP contribution in [0.1, 0.15) is 34.3 Å². The second-order valence-corrected chi connectivity index (χ2v) is 7.45. The molecular formula is C20H22IN3O2. The molecule has 1 aliphatic rings. The van der Waals surface area contributed by atoms with Gasteiger partial charge in [0, 0.05) is 24.3 Å². The van der Waals surface area contributed by atoms with Crippen LogP contribution in [-0.4, -0.2) is 32.3 Å². The Balaban J connectivity index is 1.64. The monoisotopic (exact) mass is 463 g/mol. The Labute approximate surface area is 167 Å². The van der Waals surface area contributed by atoms with Crippen molar-refractivity contribution in [3.8, 4) is 5.75 Å². The normalized spacial score (nSPS) is 14.0. The Bertz CT molecular complexity index is 830. The molecule has 0 spiro atoms. The molecule has 1 N–H and O–H groups in total. The second kappa shape index (κ2) is 8.53.